The number of aryl methyl sites for hydroxylation is 1. The molecule has 134 valence electrons. The van der Waals surface area contributed by atoms with E-state index in [1.54, 1.807) is 19.2 Å². The van der Waals surface area contributed by atoms with Gasteiger partial charge in [0.25, 0.3) is 5.56 Å². The van der Waals surface area contributed by atoms with E-state index in [-0.39, 0.29) is 11.2 Å². The topological polar surface area (TPSA) is 56.9 Å². The Morgan fingerprint density at radius 3 is 2.23 bits per heavy atom. The smallest absolute Gasteiger partial charge is 0.294 e. The molecule has 0 spiro atoms. The molecule has 2 aromatic heterocycles. The zero-order chi connectivity index (χ0) is 19.1. The lowest BCUT2D eigenvalue weighted by atomic mass is 10.1. The van der Waals surface area contributed by atoms with E-state index in [0.29, 0.717) is 10.4 Å². The molecule has 0 aliphatic rings. The fourth-order valence-electron chi connectivity index (χ4n) is 2.62. The number of pyridine rings is 1. The Balaban J connectivity index is 2.07. The number of carbonyl (C=O) groups is 1. The zero-order valence-corrected chi connectivity index (χ0v) is 13.9. The molecule has 3 aromatic rings. The lowest BCUT2D eigenvalue weighted by molar-refractivity contribution is -0.143. The molecular formula is C18H14F3N3O2. The molecule has 0 unspecified atom stereocenters. The van der Waals surface area contributed by atoms with Gasteiger partial charge in [-0.1, -0.05) is 0 Å². The summed E-state index contributed by atoms with van der Waals surface area (Å²) in [6.07, 6.45) is -2.23. The number of halogens is 3. The van der Waals surface area contributed by atoms with Crippen LogP contribution in [0.4, 0.5) is 13.2 Å². The van der Waals surface area contributed by atoms with E-state index in [9.17, 15) is 22.8 Å². The predicted molar refractivity (Wildman–Crippen MR) is 88.9 cm³/mol. The van der Waals surface area contributed by atoms with Crippen LogP contribution in [-0.2, 0) is 6.18 Å². The number of carbonyl (C=O) groups excluding carboxylic acids is 1. The Morgan fingerprint density at radius 1 is 1.08 bits per heavy atom. The van der Waals surface area contributed by atoms with Crippen molar-refractivity contribution in [1.29, 1.82) is 0 Å². The second-order valence-electron chi connectivity index (χ2n) is 5.80. The first kappa shape index (κ1) is 17.7. The highest BCUT2D eigenvalue weighted by atomic mass is 19.4. The van der Waals surface area contributed by atoms with E-state index in [1.807, 2.05) is 0 Å². The summed E-state index contributed by atoms with van der Waals surface area (Å²) < 4.78 is 42.2. The molecule has 8 heteroatoms. The molecule has 0 radical (unpaired) electrons. The Hall–Kier alpha value is -3.16. The van der Waals surface area contributed by atoms with Gasteiger partial charge in [-0.25, -0.2) is 4.68 Å². The maximum Gasteiger partial charge on any atom is 0.434 e. The van der Waals surface area contributed by atoms with E-state index in [4.69, 9.17) is 0 Å². The molecule has 26 heavy (non-hydrogen) atoms. The zero-order valence-electron chi connectivity index (χ0n) is 13.9. The molecule has 0 aliphatic heterocycles. The Bertz CT molecular complexity index is 1030. The molecule has 1 aromatic carbocycles. The van der Waals surface area contributed by atoms with Crippen molar-refractivity contribution in [2.75, 3.05) is 0 Å². The van der Waals surface area contributed by atoms with Crippen molar-refractivity contribution in [3.05, 3.63) is 76.0 Å². The number of aromatic nitrogens is 3. The van der Waals surface area contributed by atoms with Crippen LogP contribution in [0.2, 0.25) is 0 Å². The van der Waals surface area contributed by atoms with Crippen molar-refractivity contribution in [1.82, 2.24) is 14.3 Å². The molecule has 3 rings (SSSR count). The Labute approximate surface area is 146 Å². The van der Waals surface area contributed by atoms with Crippen LogP contribution in [0.5, 0.6) is 0 Å². The maximum absolute atomic E-state index is 13.4. The van der Waals surface area contributed by atoms with Gasteiger partial charge in [-0.05, 0) is 49.7 Å². The average molecular weight is 361 g/mol. The number of hydrogen-bond acceptors (Lipinski definition) is 3. The highest BCUT2D eigenvalue weighted by Crippen LogP contribution is 2.33. The number of nitrogens with zero attached hydrogens (tertiary/aromatic N) is 3. The predicted octanol–water partition coefficient (Wildman–Crippen LogP) is 3.55. The molecule has 0 fully saturated rings. The molecule has 0 N–H and O–H groups in total. The number of benzene rings is 1. The van der Waals surface area contributed by atoms with E-state index < -0.39 is 23.2 Å². The summed E-state index contributed by atoms with van der Waals surface area (Å²) in [5.74, 6) is -0.716. The van der Waals surface area contributed by atoms with Crippen molar-refractivity contribution in [3.8, 4) is 11.4 Å². The summed E-state index contributed by atoms with van der Waals surface area (Å²) >= 11 is 0. The number of ketones is 1. The van der Waals surface area contributed by atoms with Crippen LogP contribution in [0.1, 0.15) is 28.5 Å². The van der Waals surface area contributed by atoms with Crippen molar-refractivity contribution < 1.29 is 18.0 Å². The second kappa shape index (κ2) is 6.29. The van der Waals surface area contributed by atoms with Gasteiger partial charge in [0.05, 0.1) is 17.4 Å². The van der Waals surface area contributed by atoms with Crippen LogP contribution in [-0.4, -0.2) is 20.1 Å². The van der Waals surface area contributed by atoms with Crippen molar-refractivity contribution in [2.45, 2.75) is 20.0 Å². The summed E-state index contributed by atoms with van der Waals surface area (Å²) in [5.41, 5.74) is -0.403. The van der Waals surface area contributed by atoms with Gasteiger partial charge >= 0.3 is 6.18 Å². The van der Waals surface area contributed by atoms with Gasteiger partial charge in [0.2, 0.25) is 0 Å². The van der Waals surface area contributed by atoms with Crippen molar-refractivity contribution >= 4 is 5.78 Å². The standard InChI is InChI=1S/C18H14F3N3O2/c1-11-7-8-23(16(26)9-11)13-3-5-14(6-4-13)24-17(18(19,20)21)15(10-22-24)12(2)25/h3-10H,1-2H3. The molecule has 0 saturated carbocycles. The van der Waals surface area contributed by atoms with Gasteiger partial charge in [-0.15, -0.1) is 0 Å². The van der Waals surface area contributed by atoms with Gasteiger partial charge < -0.3 is 0 Å². The van der Waals surface area contributed by atoms with Crippen LogP contribution in [0, 0.1) is 6.92 Å². The Kier molecular flexibility index (Phi) is 4.27. The number of Topliss-reactive ketones (excluding diaryl/α,β-unsaturated/α-hetero) is 1. The summed E-state index contributed by atoms with van der Waals surface area (Å²) in [6, 6.07) is 9.07. The first-order valence-corrected chi connectivity index (χ1v) is 7.65. The second-order valence-corrected chi connectivity index (χ2v) is 5.80. The third-order valence-electron chi connectivity index (χ3n) is 3.86. The fraction of sp³-hybridized carbons (Fsp3) is 0.167. The number of alkyl halides is 3. The minimum absolute atomic E-state index is 0.133. The monoisotopic (exact) mass is 361 g/mol. The van der Waals surface area contributed by atoms with Gasteiger partial charge in [-0.3, -0.25) is 14.2 Å². The van der Waals surface area contributed by atoms with E-state index in [0.717, 1.165) is 18.7 Å². The van der Waals surface area contributed by atoms with Crippen LogP contribution >= 0.6 is 0 Å². The highest BCUT2D eigenvalue weighted by molar-refractivity contribution is 5.95. The highest BCUT2D eigenvalue weighted by Gasteiger charge is 2.39. The molecule has 0 aliphatic carbocycles. The fourth-order valence-corrected chi connectivity index (χ4v) is 2.62. The minimum Gasteiger partial charge on any atom is -0.294 e. The first-order valence-electron chi connectivity index (χ1n) is 7.65. The molecule has 2 heterocycles. The SMILES string of the molecule is CC(=O)c1cnn(-c2ccc(-n3ccc(C)cc3=O)cc2)c1C(F)(F)F. The molecule has 0 amide bonds. The maximum atomic E-state index is 13.4. The normalized spacial score (nSPS) is 11.6. The summed E-state index contributed by atoms with van der Waals surface area (Å²) in [4.78, 5) is 23.5. The van der Waals surface area contributed by atoms with Gasteiger partial charge in [-0.2, -0.15) is 18.3 Å². The number of rotatable bonds is 3. The van der Waals surface area contributed by atoms with Crippen molar-refractivity contribution in [3.63, 3.8) is 0 Å². The van der Waals surface area contributed by atoms with Gasteiger partial charge in [0, 0.05) is 18.0 Å². The third-order valence-corrected chi connectivity index (χ3v) is 3.86. The molecule has 0 bridgehead atoms. The summed E-state index contributed by atoms with van der Waals surface area (Å²) in [6.45, 7) is 2.85. The molecule has 5 nitrogen and oxygen atoms in total. The first-order chi connectivity index (χ1) is 12.2. The van der Waals surface area contributed by atoms with E-state index >= 15 is 0 Å². The van der Waals surface area contributed by atoms with E-state index in [2.05, 4.69) is 5.10 Å². The third kappa shape index (κ3) is 3.17. The number of hydrogen-bond donors (Lipinski definition) is 0. The van der Waals surface area contributed by atoms with Crippen LogP contribution < -0.4 is 5.56 Å². The largest absolute Gasteiger partial charge is 0.434 e. The molecule has 0 saturated heterocycles. The minimum atomic E-state index is -4.73. The quantitative estimate of drug-likeness (QED) is 0.671. The molecular weight excluding hydrogens is 347 g/mol. The lowest BCUT2D eigenvalue weighted by Crippen LogP contribution is -2.18. The average Bonchev–Trinajstić information content (AvgIpc) is 3.01. The summed E-state index contributed by atoms with van der Waals surface area (Å²) in [7, 11) is 0. The van der Waals surface area contributed by atoms with Crippen LogP contribution in [0.25, 0.3) is 11.4 Å². The summed E-state index contributed by atoms with van der Waals surface area (Å²) in [5, 5.41) is 3.71. The molecule has 0 atom stereocenters. The Morgan fingerprint density at radius 2 is 1.69 bits per heavy atom. The van der Waals surface area contributed by atoms with Gasteiger partial charge in [0.15, 0.2) is 11.5 Å². The van der Waals surface area contributed by atoms with Gasteiger partial charge in [0.1, 0.15) is 0 Å². The van der Waals surface area contributed by atoms with E-state index in [1.165, 1.54) is 34.9 Å². The van der Waals surface area contributed by atoms with Crippen LogP contribution in [0.3, 0.4) is 0 Å². The van der Waals surface area contributed by atoms with Crippen molar-refractivity contribution in [2.24, 2.45) is 0 Å². The van der Waals surface area contributed by atoms with Crippen LogP contribution in [0.15, 0.2) is 53.6 Å². The lowest BCUT2D eigenvalue weighted by Gasteiger charge is -2.13.